The molecule has 0 saturated carbocycles. The van der Waals surface area contributed by atoms with Gasteiger partial charge in [-0.05, 0) is 31.2 Å². The quantitative estimate of drug-likeness (QED) is 0.648. The molecule has 130 valence electrons. The van der Waals surface area contributed by atoms with E-state index in [9.17, 15) is 18.0 Å². The van der Waals surface area contributed by atoms with E-state index < -0.39 is 17.7 Å². The van der Waals surface area contributed by atoms with E-state index in [1.165, 1.54) is 28.8 Å². The molecule has 3 rings (SSSR count). The summed E-state index contributed by atoms with van der Waals surface area (Å²) >= 11 is 5.88. The van der Waals surface area contributed by atoms with Gasteiger partial charge in [-0.2, -0.15) is 18.3 Å². The smallest absolute Gasteiger partial charge is 0.416 e. The Labute approximate surface area is 145 Å². The van der Waals surface area contributed by atoms with E-state index in [0.717, 1.165) is 12.1 Å². The summed E-state index contributed by atoms with van der Waals surface area (Å²) in [7, 11) is 0. The van der Waals surface area contributed by atoms with Crippen LogP contribution in [-0.2, 0) is 10.9 Å². The lowest BCUT2D eigenvalue weighted by Crippen LogP contribution is -2.08. The molecule has 5 nitrogen and oxygen atoms in total. The summed E-state index contributed by atoms with van der Waals surface area (Å²) in [6.07, 6.45) is -4.52. The first kappa shape index (κ1) is 17.2. The van der Waals surface area contributed by atoms with Crippen molar-refractivity contribution in [3.8, 4) is 11.3 Å². The van der Waals surface area contributed by atoms with Crippen molar-refractivity contribution in [2.75, 3.05) is 6.61 Å². The van der Waals surface area contributed by atoms with Crippen molar-refractivity contribution in [1.29, 1.82) is 0 Å². The van der Waals surface area contributed by atoms with Crippen LogP contribution in [-0.4, -0.2) is 27.2 Å². The van der Waals surface area contributed by atoms with Crippen LogP contribution in [0.25, 0.3) is 16.9 Å². The summed E-state index contributed by atoms with van der Waals surface area (Å²) in [6, 6.07) is 7.52. The topological polar surface area (TPSA) is 56.5 Å². The molecule has 0 aliphatic heterocycles. The number of carbonyl (C=O) groups is 1. The average molecular weight is 370 g/mol. The normalized spacial score (nSPS) is 11.7. The van der Waals surface area contributed by atoms with Crippen LogP contribution in [0.1, 0.15) is 23.0 Å². The van der Waals surface area contributed by atoms with Crippen molar-refractivity contribution >= 4 is 23.2 Å². The zero-order valence-electron chi connectivity index (χ0n) is 12.8. The van der Waals surface area contributed by atoms with Gasteiger partial charge in [0.05, 0.1) is 12.2 Å². The zero-order valence-corrected chi connectivity index (χ0v) is 13.6. The van der Waals surface area contributed by atoms with E-state index in [2.05, 4.69) is 10.1 Å². The van der Waals surface area contributed by atoms with Gasteiger partial charge in [0.1, 0.15) is 10.8 Å². The molecule has 1 aromatic carbocycles. The number of rotatable bonds is 3. The van der Waals surface area contributed by atoms with Gasteiger partial charge >= 0.3 is 12.1 Å². The van der Waals surface area contributed by atoms with Gasteiger partial charge in [-0.3, -0.25) is 0 Å². The van der Waals surface area contributed by atoms with E-state index in [0.29, 0.717) is 0 Å². The number of hydrogen-bond donors (Lipinski definition) is 0. The lowest BCUT2D eigenvalue weighted by Gasteiger charge is -2.09. The molecule has 0 saturated heterocycles. The predicted molar refractivity (Wildman–Crippen MR) is 84.4 cm³/mol. The van der Waals surface area contributed by atoms with Crippen molar-refractivity contribution in [2.45, 2.75) is 13.1 Å². The standard InChI is InChI=1S/C16H11ClF3N3O2/c1-2-25-15(24)13-14(23-12(21-13)7-6-11(17)22-23)9-4-3-5-10(8-9)16(18,19)20/h3-8H,2H2,1H3. The number of alkyl halides is 3. The Morgan fingerprint density at radius 3 is 2.72 bits per heavy atom. The second-order valence-electron chi connectivity index (χ2n) is 5.03. The maximum absolute atomic E-state index is 13.0. The summed E-state index contributed by atoms with van der Waals surface area (Å²) in [5.74, 6) is -0.753. The second-order valence-corrected chi connectivity index (χ2v) is 5.42. The summed E-state index contributed by atoms with van der Waals surface area (Å²) in [4.78, 5) is 16.3. The lowest BCUT2D eigenvalue weighted by atomic mass is 10.1. The van der Waals surface area contributed by atoms with Gasteiger partial charge in [0, 0.05) is 5.56 Å². The highest BCUT2D eigenvalue weighted by atomic mass is 35.5. The number of hydrogen-bond acceptors (Lipinski definition) is 4. The van der Waals surface area contributed by atoms with Crippen molar-refractivity contribution in [2.24, 2.45) is 0 Å². The highest BCUT2D eigenvalue weighted by molar-refractivity contribution is 6.29. The van der Waals surface area contributed by atoms with Crippen LogP contribution in [0.2, 0.25) is 5.15 Å². The third-order valence-electron chi connectivity index (χ3n) is 3.38. The minimum atomic E-state index is -4.52. The number of aromatic nitrogens is 3. The summed E-state index contributed by atoms with van der Waals surface area (Å²) in [6.45, 7) is 1.72. The largest absolute Gasteiger partial charge is 0.461 e. The van der Waals surface area contributed by atoms with Crippen molar-refractivity contribution in [3.63, 3.8) is 0 Å². The fourth-order valence-electron chi connectivity index (χ4n) is 2.35. The van der Waals surface area contributed by atoms with Crippen LogP contribution in [0.5, 0.6) is 0 Å². The number of fused-ring (bicyclic) bond motifs is 1. The number of ether oxygens (including phenoxy) is 1. The molecule has 0 bridgehead atoms. The van der Waals surface area contributed by atoms with Gasteiger partial charge in [-0.15, -0.1) is 0 Å². The molecule has 0 N–H and O–H groups in total. The Morgan fingerprint density at radius 1 is 1.28 bits per heavy atom. The van der Waals surface area contributed by atoms with E-state index in [1.807, 2.05) is 0 Å². The summed E-state index contributed by atoms with van der Waals surface area (Å²) in [5.41, 5.74) is -0.505. The molecule has 0 spiro atoms. The molecule has 0 fully saturated rings. The fourth-order valence-corrected chi connectivity index (χ4v) is 2.49. The number of imidazole rings is 1. The molecule has 2 heterocycles. The van der Waals surface area contributed by atoms with E-state index in [4.69, 9.17) is 16.3 Å². The molecular weight excluding hydrogens is 359 g/mol. The molecular formula is C16H11ClF3N3O2. The highest BCUT2D eigenvalue weighted by Crippen LogP contribution is 2.33. The molecule has 2 aromatic heterocycles. The van der Waals surface area contributed by atoms with Crippen LogP contribution < -0.4 is 0 Å². The fraction of sp³-hybridized carbons (Fsp3) is 0.188. The Kier molecular flexibility index (Phi) is 4.38. The van der Waals surface area contributed by atoms with Crippen LogP contribution in [0.15, 0.2) is 36.4 Å². The number of halogens is 4. The SMILES string of the molecule is CCOC(=O)c1nc2ccc(Cl)nn2c1-c1cccc(C(F)(F)F)c1. The first-order valence-corrected chi connectivity index (χ1v) is 7.59. The third-order valence-corrected chi connectivity index (χ3v) is 3.58. The maximum atomic E-state index is 13.0. The molecule has 0 aliphatic rings. The molecule has 25 heavy (non-hydrogen) atoms. The Hall–Kier alpha value is -2.61. The third kappa shape index (κ3) is 3.30. The maximum Gasteiger partial charge on any atom is 0.416 e. The van der Waals surface area contributed by atoms with Crippen LogP contribution in [0.4, 0.5) is 13.2 Å². The molecule has 0 unspecified atom stereocenters. The monoisotopic (exact) mass is 369 g/mol. The molecule has 0 amide bonds. The molecule has 9 heteroatoms. The highest BCUT2D eigenvalue weighted by Gasteiger charge is 2.31. The van der Waals surface area contributed by atoms with Crippen molar-refractivity contribution < 1.29 is 22.7 Å². The van der Waals surface area contributed by atoms with Crippen LogP contribution >= 0.6 is 11.6 Å². The second kappa shape index (κ2) is 6.36. The van der Waals surface area contributed by atoms with Gasteiger partial charge in [-0.1, -0.05) is 23.7 Å². The molecule has 0 radical (unpaired) electrons. The first-order valence-electron chi connectivity index (χ1n) is 7.21. The number of carbonyl (C=O) groups excluding carboxylic acids is 1. The van der Waals surface area contributed by atoms with Gasteiger partial charge in [0.2, 0.25) is 0 Å². The zero-order chi connectivity index (χ0) is 18.2. The van der Waals surface area contributed by atoms with Gasteiger partial charge in [0.25, 0.3) is 0 Å². The van der Waals surface area contributed by atoms with Crippen LogP contribution in [0.3, 0.4) is 0 Å². The van der Waals surface area contributed by atoms with Gasteiger partial charge in [0.15, 0.2) is 11.3 Å². The first-order chi connectivity index (χ1) is 11.8. The van der Waals surface area contributed by atoms with E-state index in [-0.39, 0.29) is 34.4 Å². The minimum absolute atomic E-state index is 0.0852. The minimum Gasteiger partial charge on any atom is -0.461 e. The number of nitrogens with zero attached hydrogens (tertiary/aromatic N) is 3. The van der Waals surface area contributed by atoms with Gasteiger partial charge < -0.3 is 4.74 Å². The van der Waals surface area contributed by atoms with Crippen molar-refractivity contribution in [3.05, 3.63) is 52.8 Å². The van der Waals surface area contributed by atoms with E-state index in [1.54, 1.807) is 6.92 Å². The number of esters is 1. The van der Waals surface area contributed by atoms with E-state index >= 15 is 0 Å². The van der Waals surface area contributed by atoms with Crippen LogP contribution in [0, 0.1) is 0 Å². The Bertz CT molecular complexity index is 953. The molecule has 0 atom stereocenters. The summed E-state index contributed by atoms with van der Waals surface area (Å²) < 4.78 is 45.2. The van der Waals surface area contributed by atoms with Gasteiger partial charge in [-0.25, -0.2) is 14.3 Å². The molecule has 0 aliphatic carbocycles. The lowest BCUT2D eigenvalue weighted by molar-refractivity contribution is -0.137. The summed E-state index contributed by atoms with van der Waals surface area (Å²) in [5, 5.41) is 4.14. The Morgan fingerprint density at radius 2 is 2.04 bits per heavy atom. The van der Waals surface area contributed by atoms with Crippen molar-refractivity contribution in [1.82, 2.24) is 14.6 Å². The predicted octanol–water partition coefficient (Wildman–Crippen LogP) is 4.25. The average Bonchev–Trinajstić information content (AvgIpc) is 2.93. The number of benzene rings is 1. The Balaban J connectivity index is 2.28. The molecule has 3 aromatic rings.